The summed E-state index contributed by atoms with van der Waals surface area (Å²) in [5.41, 5.74) is 4.38. The Morgan fingerprint density at radius 2 is 1.86 bits per heavy atom. The van der Waals surface area contributed by atoms with Crippen LogP contribution in [0, 0.1) is 13.8 Å². The molecule has 0 aliphatic heterocycles. The maximum absolute atomic E-state index is 11.9. The van der Waals surface area contributed by atoms with Gasteiger partial charge in [0.15, 0.2) is 0 Å². The van der Waals surface area contributed by atoms with Gasteiger partial charge in [-0.05, 0) is 52.5 Å². The molecule has 0 unspecified atom stereocenters. The number of rotatable bonds is 5. The van der Waals surface area contributed by atoms with Crippen LogP contribution in [0.5, 0.6) is 0 Å². The Bertz CT molecular complexity index is 603. The Morgan fingerprint density at radius 1 is 1.14 bits per heavy atom. The van der Waals surface area contributed by atoms with Gasteiger partial charge in [0.25, 0.3) is 0 Å². The smallest absolute Gasteiger partial charge is 0.239 e. The summed E-state index contributed by atoms with van der Waals surface area (Å²) in [6.45, 7) is 4.89. The maximum atomic E-state index is 11.9. The van der Waals surface area contributed by atoms with E-state index in [1.165, 1.54) is 5.56 Å². The van der Waals surface area contributed by atoms with Gasteiger partial charge in [0.2, 0.25) is 5.91 Å². The van der Waals surface area contributed by atoms with Gasteiger partial charge in [-0.25, -0.2) is 0 Å². The number of anilines is 1. The summed E-state index contributed by atoms with van der Waals surface area (Å²) in [4.78, 5) is 11.9. The van der Waals surface area contributed by atoms with Gasteiger partial charge in [0, 0.05) is 11.0 Å². The number of hydrogen-bond acceptors (Lipinski definition) is 2. The van der Waals surface area contributed by atoms with Gasteiger partial charge in [0.1, 0.15) is 0 Å². The highest BCUT2D eigenvalue weighted by atomic mass is 79.9. The van der Waals surface area contributed by atoms with Crippen molar-refractivity contribution in [3.63, 3.8) is 0 Å². The molecule has 0 saturated carbocycles. The van der Waals surface area contributed by atoms with Crippen LogP contribution in [-0.2, 0) is 11.3 Å². The second-order valence-electron chi connectivity index (χ2n) is 5.05. The molecule has 0 radical (unpaired) electrons. The van der Waals surface area contributed by atoms with Crippen LogP contribution in [0.3, 0.4) is 0 Å². The van der Waals surface area contributed by atoms with E-state index in [1.54, 1.807) is 0 Å². The van der Waals surface area contributed by atoms with E-state index in [9.17, 15) is 4.79 Å². The molecule has 21 heavy (non-hydrogen) atoms. The molecule has 1 amide bonds. The van der Waals surface area contributed by atoms with Crippen LogP contribution < -0.4 is 10.6 Å². The standard InChI is InChI=1S/C17H19BrN2O/c1-12-8-13(2)17(15(18)9-12)20-11-16(21)19-10-14-6-4-3-5-7-14/h3-9,20H,10-11H2,1-2H3,(H,19,21). The Morgan fingerprint density at radius 3 is 2.52 bits per heavy atom. The van der Waals surface area contributed by atoms with E-state index in [0.29, 0.717) is 6.54 Å². The predicted molar refractivity (Wildman–Crippen MR) is 90.4 cm³/mol. The lowest BCUT2D eigenvalue weighted by Crippen LogP contribution is -2.29. The Labute approximate surface area is 133 Å². The zero-order valence-electron chi connectivity index (χ0n) is 12.2. The molecule has 2 N–H and O–H groups in total. The summed E-state index contributed by atoms with van der Waals surface area (Å²) in [7, 11) is 0. The summed E-state index contributed by atoms with van der Waals surface area (Å²) < 4.78 is 0.982. The molecule has 0 fully saturated rings. The van der Waals surface area contributed by atoms with E-state index in [1.807, 2.05) is 50.2 Å². The third kappa shape index (κ3) is 4.60. The Balaban J connectivity index is 1.87. The van der Waals surface area contributed by atoms with Gasteiger partial charge in [-0.15, -0.1) is 0 Å². The Hall–Kier alpha value is -1.81. The second-order valence-corrected chi connectivity index (χ2v) is 5.91. The molecule has 2 aromatic rings. The normalized spacial score (nSPS) is 10.2. The van der Waals surface area contributed by atoms with Crippen LogP contribution in [-0.4, -0.2) is 12.5 Å². The number of benzene rings is 2. The van der Waals surface area contributed by atoms with Crippen molar-refractivity contribution in [2.75, 3.05) is 11.9 Å². The average Bonchev–Trinajstić information content (AvgIpc) is 2.45. The molecule has 0 bridgehead atoms. The fourth-order valence-corrected chi connectivity index (χ4v) is 2.98. The van der Waals surface area contributed by atoms with Crippen molar-refractivity contribution in [2.45, 2.75) is 20.4 Å². The first kappa shape index (κ1) is 15.6. The van der Waals surface area contributed by atoms with Crippen LogP contribution in [0.4, 0.5) is 5.69 Å². The van der Waals surface area contributed by atoms with Crippen LogP contribution >= 0.6 is 15.9 Å². The molecule has 0 saturated heterocycles. The first-order chi connectivity index (χ1) is 10.1. The molecule has 0 aromatic heterocycles. The summed E-state index contributed by atoms with van der Waals surface area (Å²) >= 11 is 3.53. The van der Waals surface area contributed by atoms with Gasteiger partial charge in [-0.1, -0.05) is 36.4 Å². The van der Waals surface area contributed by atoms with Crippen molar-refractivity contribution in [3.05, 3.63) is 63.6 Å². The summed E-state index contributed by atoms with van der Waals surface area (Å²) in [5, 5.41) is 6.09. The SMILES string of the molecule is Cc1cc(C)c(NCC(=O)NCc2ccccc2)c(Br)c1. The minimum absolute atomic E-state index is 0.0225. The molecular weight excluding hydrogens is 328 g/mol. The van der Waals surface area contributed by atoms with E-state index in [2.05, 4.69) is 32.6 Å². The predicted octanol–water partition coefficient (Wildman–Crippen LogP) is 3.79. The number of aryl methyl sites for hydroxylation is 2. The Kier molecular flexibility index (Phi) is 5.39. The van der Waals surface area contributed by atoms with Gasteiger partial charge in [-0.3, -0.25) is 4.79 Å². The molecule has 0 spiro atoms. The first-order valence-corrected chi connectivity index (χ1v) is 7.67. The average molecular weight is 347 g/mol. The fourth-order valence-electron chi connectivity index (χ4n) is 2.17. The van der Waals surface area contributed by atoms with Crippen molar-refractivity contribution < 1.29 is 4.79 Å². The van der Waals surface area contributed by atoms with Crippen molar-refractivity contribution in [3.8, 4) is 0 Å². The molecule has 0 aliphatic rings. The molecule has 110 valence electrons. The maximum Gasteiger partial charge on any atom is 0.239 e. The van der Waals surface area contributed by atoms with E-state index in [-0.39, 0.29) is 12.5 Å². The molecular formula is C17H19BrN2O. The highest BCUT2D eigenvalue weighted by Crippen LogP contribution is 2.27. The molecule has 0 atom stereocenters. The topological polar surface area (TPSA) is 41.1 Å². The van der Waals surface area contributed by atoms with E-state index >= 15 is 0 Å². The lowest BCUT2D eigenvalue weighted by atomic mass is 10.1. The van der Waals surface area contributed by atoms with Gasteiger partial charge >= 0.3 is 0 Å². The minimum Gasteiger partial charge on any atom is -0.375 e. The fraction of sp³-hybridized carbons (Fsp3) is 0.235. The number of halogens is 1. The van der Waals surface area contributed by atoms with Crippen LogP contribution in [0.1, 0.15) is 16.7 Å². The van der Waals surface area contributed by atoms with Crippen molar-refractivity contribution >= 4 is 27.5 Å². The molecule has 3 nitrogen and oxygen atoms in total. The van der Waals surface area contributed by atoms with Crippen LogP contribution in [0.15, 0.2) is 46.9 Å². The lowest BCUT2D eigenvalue weighted by Gasteiger charge is -2.13. The highest BCUT2D eigenvalue weighted by molar-refractivity contribution is 9.10. The number of carbonyl (C=O) groups excluding carboxylic acids is 1. The molecule has 0 aliphatic carbocycles. The van der Waals surface area contributed by atoms with E-state index in [0.717, 1.165) is 21.3 Å². The highest BCUT2D eigenvalue weighted by Gasteiger charge is 2.07. The molecule has 2 rings (SSSR count). The number of amides is 1. The van der Waals surface area contributed by atoms with Crippen LogP contribution in [0.25, 0.3) is 0 Å². The monoisotopic (exact) mass is 346 g/mol. The van der Waals surface area contributed by atoms with Crippen LogP contribution in [0.2, 0.25) is 0 Å². The van der Waals surface area contributed by atoms with Gasteiger partial charge in [0.05, 0.1) is 12.2 Å². The van der Waals surface area contributed by atoms with Crippen molar-refractivity contribution in [1.29, 1.82) is 0 Å². The number of hydrogen-bond donors (Lipinski definition) is 2. The van der Waals surface area contributed by atoms with Crippen molar-refractivity contribution in [1.82, 2.24) is 5.32 Å². The molecule has 0 heterocycles. The summed E-state index contributed by atoms with van der Waals surface area (Å²) in [5.74, 6) is -0.0225. The van der Waals surface area contributed by atoms with Crippen molar-refractivity contribution in [2.24, 2.45) is 0 Å². The largest absolute Gasteiger partial charge is 0.375 e. The first-order valence-electron chi connectivity index (χ1n) is 6.87. The van der Waals surface area contributed by atoms with E-state index < -0.39 is 0 Å². The second kappa shape index (κ2) is 7.27. The molecule has 4 heteroatoms. The summed E-state index contributed by atoms with van der Waals surface area (Å²) in [6.07, 6.45) is 0. The quantitative estimate of drug-likeness (QED) is 0.864. The third-order valence-corrected chi connectivity index (χ3v) is 3.82. The minimum atomic E-state index is -0.0225. The summed E-state index contributed by atoms with van der Waals surface area (Å²) in [6, 6.07) is 14.0. The number of carbonyl (C=O) groups is 1. The van der Waals surface area contributed by atoms with Gasteiger partial charge < -0.3 is 10.6 Å². The third-order valence-electron chi connectivity index (χ3n) is 3.19. The lowest BCUT2D eigenvalue weighted by molar-refractivity contribution is -0.119. The van der Waals surface area contributed by atoms with Gasteiger partial charge in [-0.2, -0.15) is 0 Å². The zero-order valence-corrected chi connectivity index (χ0v) is 13.8. The molecule has 2 aromatic carbocycles. The number of nitrogens with one attached hydrogen (secondary N) is 2. The zero-order chi connectivity index (χ0) is 15.2. The van der Waals surface area contributed by atoms with E-state index in [4.69, 9.17) is 0 Å².